The summed E-state index contributed by atoms with van der Waals surface area (Å²) in [5.74, 6) is -0.595. The van der Waals surface area contributed by atoms with Gasteiger partial charge in [0.05, 0.1) is 5.92 Å². The predicted molar refractivity (Wildman–Crippen MR) is 51.2 cm³/mol. The van der Waals surface area contributed by atoms with Crippen LogP contribution in [0.4, 0.5) is 0 Å². The molecule has 1 aliphatic carbocycles. The highest BCUT2D eigenvalue weighted by Crippen LogP contribution is 2.42. The van der Waals surface area contributed by atoms with Gasteiger partial charge in [0, 0.05) is 0 Å². The molecule has 2 rings (SSSR count). The molecule has 14 heavy (non-hydrogen) atoms. The van der Waals surface area contributed by atoms with Crippen molar-refractivity contribution in [3.63, 3.8) is 0 Å². The molecular formula is C11H12O3. The molecule has 1 fully saturated rings. The Labute approximate surface area is 82.0 Å². The van der Waals surface area contributed by atoms with E-state index in [2.05, 4.69) is 0 Å². The number of aromatic hydroxyl groups is 1. The van der Waals surface area contributed by atoms with E-state index in [0.29, 0.717) is 0 Å². The molecule has 3 nitrogen and oxygen atoms in total. The van der Waals surface area contributed by atoms with E-state index in [-0.39, 0.29) is 17.6 Å². The number of benzene rings is 1. The quantitative estimate of drug-likeness (QED) is 0.753. The van der Waals surface area contributed by atoms with E-state index in [0.717, 1.165) is 18.4 Å². The Kier molecular flexibility index (Phi) is 2.15. The van der Waals surface area contributed by atoms with E-state index in [1.54, 1.807) is 24.3 Å². The second kappa shape index (κ2) is 3.33. The summed E-state index contributed by atoms with van der Waals surface area (Å²) in [6, 6.07) is 6.81. The monoisotopic (exact) mass is 192 g/mol. The van der Waals surface area contributed by atoms with Gasteiger partial charge < -0.3 is 10.2 Å². The van der Waals surface area contributed by atoms with E-state index in [1.807, 2.05) is 0 Å². The second-order valence-corrected chi connectivity index (χ2v) is 3.72. The number of phenols is 1. The molecule has 3 heteroatoms. The fourth-order valence-corrected chi connectivity index (χ4v) is 1.92. The van der Waals surface area contributed by atoms with Crippen molar-refractivity contribution >= 4 is 5.97 Å². The fraction of sp³-hybridized carbons (Fsp3) is 0.364. The molecule has 74 valence electrons. The number of carbonyl (C=O) groups is 1. The van der Waals surface area contributed by atoms with Crippen LogP contribution in [0.15, 0.2) is 24.3 Å². The number of aliphatic carboxylic acids is 1. The zero-order valence-electron chi connectivity index (χ0n) is 7.68. The van der Waals surface area contributed by atoms with Crippen molar-refractivity contribution in [2.75, 3.05) is 0 Å². The topological polar surface area (TPSA) is 57.5 Å². The minimum absolute atomic E-state index is 0.132. The van der Waals surface area contributed by atoms with Crippen LogP contribution in [0.25, 0.3) is 0 Å². The van der Waals surface area contributed by atoms with Crippen molar-refractivity contribution in [2.24, 2.45) is 5.92 Å². The van der Waals surface area contributed by atoms with Crippen LogP contribution in [0, 0.1) is 5.92 Å². The van der Waals surface area contributed by atoms with Gasteiger partial charge in [0.1, 0.15) is 5.75 Å². The van der Waals surface area contributed by atoms with Crippen molar-refractivity contribution < 1.29 is 15.0 Å². The minimum Gasteiger partial charge on any atom is -0.508 e. The van der Waals surface area contributed by atoms with Crippen molar-refractivity contribution in [3.05, 3.63) is 29.8 Å². The summed E-state index contributed by atoms with van der Waals surface area (Å²) in [4.78, 5) is 10.8. The molecule has 1 aliphatic rings. The van der Waals surface area contributed by atoms with Crippen LogP contribution in [0.2, 0.25) is 0 Å². The van der Waals surface area contributed by atoms with Crippen LogP contribution in [-0.2, 0) is 4.79 Å². The molecule has 2 unspecified atom stereocenters. The maximum Gasteiger partial charge on any atom is 0.307 e. The van der Waals surface area contributed by atoms with Crippen molar-refractivity contribution in [1.29, 1.82) is 0 Å². The van der Waals surface area contributed by atoms with Crippen LogP contribution in [0.1, 0.15) is 24.3 Å². The lowest BCUT2D eigenvalue weighted by atomic mass is 9.70. The van der Waals surface area contributed by atoms with Gasteiger partial charge in [-0.3, -0.25) is 4.79 Å². The van der Waals surface area contributed by atoms with Gasteiger partial charge in [0.25, 0.3) is 0 Å². The smallest absolute Gasteiger partial charge is 0.307 e. The molecule has 0 bridgehead atoms. The Morgan fingerprint density at radius 2 is 1.86 bits per heavy atom. The van der Waals surface area contributed by atoms with E-state index < -0.39 is 5.97 Å². The average molecular weight is 192 g/mol. The van der Waals surface area contributed by atoms with Crippen molar-refractivity contribution in [1.82, 2.24) is 0 Å². The summed E-state index contributed by atoms with van der Waals surface area (Å²) >= 11 is 0. The third kappa shape index (κ3) is 1.45. The summed E-state index contributed by atoms with van der Waals surface area (Å²) < 4.78 is 0. The first-order valence-corrected chi connectivity index (χ1v) is 4.70. The summed E-state index contributed by atoms with van der Waals surface area (Å²) in [7, 11) is 0. The van der Waals surface area contributed by atoms with Gasteiger partial charge in [-0.05, 0) is 36.5 Å². The number of carboxylic acid groups (broad SMARTS) is 1. The first-order chi connectivity index (χ1) is 6.68. The van der Waals surface area contributed by atoms with Gasteiger partial charge in [-0.25, -0.2) is 0 Å². The lowest BCUT2D eigenvalue weighted by molar-refractivity contribution is -0.145. The lowest BCUT2D eigenvalue weighted by Gasteiger charge is -2.33. The first-order valence-electron chi connectivity index (χ1n) is 4.70. The van der Waals surface area contributed by atoms with Gasteiger partial charge >= 0.3 is 5.97 Å². The molecule has 1 saturated carbocycles. The molecule has 1 aromatic rings. The van der Waals surface area contributed by atoms with Crippen molar-refractivity contribution in [3.8, 4) is 5.75 Å². The molecular weight excluding hydrogens is 180 g/mol. The van der Waals surface area contributed by atoms with E-state index in [4.69, 9.17) is 10.2 Å². The lowest BCUT2D eigenvalue weighted by Crippen LogP contribution is -2.30. The number of hydrogen-bond donors (Lipinski definition) is 2. The highest BCUT2D eigenvalue weighted by atomic mass is 16.4. The zero-order valence-corrected chi connectivity index (χ0v) is 7.68. The number of carboxylic acids is 1. The Bertz CT molecular complexity index is 342. The Morgan fingerprint density at radius 1 is 1.21 bits per heavy atom. The Hall–Kier alpha value is -1.51. The fourth-order valence-electron chi connectivity index (χ4n) is 1.92. The third-order valence-electron chi connectivity index (χ3n) is 2.91. The zero-order chi connectivity index (χ0) is 10.1. The van der Waals surface area contributed by atoms with Crippen LogP contribution in [-0.4, -0.2) is 16.2 Å². The van der Waals surface area contributed by atoms with Crippen molar-refractivity contribution in [2.45, 2.75) is 18.8 Å². The number of hydrogen-bond acceptors (Lipinski definition) is 2. The Morgan fingerprint density at radius 3 is 2.29 bits per heavy atom. The molecule has 0 spiro atoms. The van der Waals surface area contributed by atoms with Gasteiger partial charge in [-0.2, -0.15) is 0 Å². The SMILES string of the molecule is O=C(O)C1CCC1c1ccc(O)cc1. The average Bonchev–Trinajstić information content (AvgIpc) is 2.05. The summed E-state index contributed by atoms with van der Waals surface area (Å²) in [5, 5.41) is 18.0. The summed E-state index contributed by atoms with van der Waals surface area (Å²) in [6.45, 7) is 0. The molecule has 0 heterocycles. The Balaban J connectivity index is 2.16. The van der Waals surface area contributed by atoms with Gasteiger partial charge in [0.15, 0.2) is 0 Å². The van der Waals surface area contributed by atoms with E-state index in [1.165, 1.54) is 0 Å². The maximum atomic E-state index is 10.8. The molecule has 2 N–H and O–H groups in total. The van der Waals surface area contributed by atoms with Crippen LogP contribution < -0.4 is 0 Å². The third-order valence-corrected chi connectivity index (χ3v) is 2.91. The highest BCUT2D eigenvalue weighted by molar-refractivity contribution is 5.72. The second-order valence-electron chi connectivity index (χ2n) is 3.72. The van der Waals surface area contributed by atoms with Crippen LogP contribution in [0.3, 0.4) is 0 Å². The molecule has 0 aliphatic heterocycles. The molecule has 0 radical (unpaired) electrons. The first kappa shape index (κ1) is 9.06. The standard InChI is InChI=1S/C11H12O3/c12-8-3-1-7(2-4-8)9-5-6-10(9)11(13)14/h1-4,9-10,12H,5-6H2,(H,13,14). The van der Waals surface area contributed by atoms with Crippen LogP contribution in [0.5, 0.6) is 5.75 Å². The van der Waals surface area contributed by atoms with Gasteiger partial charge in [0.2, 0.25) is 0 Å². The van der Waals surface area contributed by atoms with E-state index >= 15 is 0 Å². The predicted octanol–water partition coefficient (Wildman–Crippen LogP) is 1.97. The molecule has 0 amide bonds. The minimum atomic E-state index is -0.714. The summed E-state index contributed by atoms with van der Waals surface area (Å²) in [5.41, 5.74) is 1.02. The summed E-state index contributed by atoms with van der Waals surface area (Å²) in [6.07, 6.45) is 1.70. The normalized spacial score (nSPS) is 25.4. The largest absolute Gasteiger partial charge is 0.508 e. The molecule has 1 aromatic carbocycles. The molecule has 0 aromatic heterocycles. The van der Waals surface area contributed by atoms with Crippen LogP contribution >= 0.6 is 0 Å². The van der Waals surface area contributed by atoms with E-state index in [9.17, 15) is 4.79 Å². The highest BCUT2D eigenvalue weighted by Gasteiger charge is 2.37. The van der Waals surface area contributed by atoms with Gasteiger partial charge in [-0.15, -0.1) is 0 Å². The number of phenolic OH excluding ortho intramolecular Hbond substituents is 1. The molecule has 0 saturated heterocycles. The molecule has 2 atom stereocenters. The maximum absolute atomic E-state index is 10.8. The van der Waals surface area contributed by atoms with Gasteiger partial charge in [-0.1, -0.05) is 12.1 Å². The number of rotatable bonds is 2.